The third kappa shape index (κ3) is 2.35. The lowest BCUT2D eigenvalue weighted by Gasteiger charge is -2.21. The molecular weight excluding hydrogens is 218 g/mol. The van der Waals surface area contributed by atoms with E-state index in [-0.39, 0.29) is 0 Å². The third-order valence-corrected chi connectivity index (χ3v) is 4.25. The van der Waals surface area contributed by atoms with Gasteiger partial charge in [-0.2, -0.15) is 0 Å². The van der Waals surface area contributed by atoms with Crippen molar-refractivity contribution in [2.24, 2.45) is 5.92 Å². The van der Waals surface area contributed by atoms with Crippen LogP contribution in [-0.2, 0) is 0 Å². The van der Waals surface area contributed by atoms with Crippen molar-refractivity contribution in [1.29, 1.82) is 0 Å². The first kappa shape index (κ1) is 11.6. The van der Waals surface area contributed by atoms with Crippen molar-refractivity contribution >= 4 is 16.5 Å². The second kappa shape index (κ2) is 5.01. The highest BCUT2D eigenvalue weighted by molar-refractivity contribution is 5.85. The van der Waals surface area contributed by atoms with Gasteiger partial charge in [0.15, 0.2) is 0 Å². The van der Waals surface area contributed by atoms with Gasteiger partial charge in [0, 0.05) is 11.7 Å². The highest BCUT2D eigenvalue weighted by Crippen LogP contribution is 2.29. The van der Waals surface area contributed by atoms with Gasteiger partial charge in [-0.15, -0.1) is 0 Å². The van der Waals surface area contributed by atoms with Crippen molar-refractivity contribution in [3.8, 4) is 0 Å². The lowest BCUT2D eigenvalue weighted by molar-refractivity contribution is 0.482. The average Bonchev–Trinajstić information content (AvgIpc) is 2.92. The predicted octanol–water partition coefficient (Wildman–Crippen LogP) is 4.83. The molecule has 1 aliphatic carbocycles. The molecule has 1 heteroatoms. The van der Waals surface area contributed by atoms with Crippen LogP contribution in [0.5, 0.6) is 0 Å². The lowest BCUT2D eigenvalue weighted by atomic mass is 9.99. The highest BCUT2D eigenvalue weighted by atomic mass is 14.9. The van der Waals surface area contributed by atoms with E-state index in [1.54, 1.807) is 0 Å². The van der Waals surface area contributed by atoms with Crippen molar-refractivity contribution < 1.29 is 0 Å². The fourth-order valence-electron chi connectivity index (χ4n) is 3.12. The molecule has 0 spiro atoms. The van der Waals surface area contributed by atoms with Crippen molar-refractivity contribution in [3.05, 3.63) is 42.5 Å². The Morgan fingerprint density at radius 1 is 1.00 bits per heavy atom. The molecule has 0 aliphatic heterocycles. The molecule has 0 radical (unpaired) electrons. The molecule has 1 nitrogen and oxygen atoms in total. The maximum Gasteiger partial charge on any atom is 0.0348 e. The van der Waals surface area contributed by atoms with Crippen LogP contribution < -0.4 is 5.32 Å². The largest absolute Gasteiger partial charge is 0.382 e. The maximum absolute atomic E-state index is 3.68. The summed E-state index contributed by atoms with van der Waals surface area (Å²) in [5, 5.41) is 6.31. The number of rotatable bonds is 3. The first-order valence-electron chi connectivity index (χ1n) is 7.08. The average molecular weight is 239 g/mol. The molecule has 0 saturated heterocycles. The molecule has 0 aromatic heterocycles. The molecule has 18 heavy (non-hydrogen) atoms. The van der Waals surface area contributed by atoms with Crippen molar-refractivity contribution in [1.82, 2.24) is 0 Å². The van der Waals surface area contributed by atoms with Crippen LogP contribution in [0.25, 0.3) is 10.8 Å². The van der Waals surface area contributed by atoms with Crippen LogP contribution in [0, 0.1) is 5.92 Å². The minimum atomic E-state index is 0.591. The molecular formula is C17H21N. The van der Waals surface area contributed by atoms with E-state index in [1.807, 2.05) is 0 Å². The Hall–Kier alpha value is -1.50. The minimum Gasteiger partial charge on any atom is -0.382 e. The number of hydrogen-bond acceptors (Lipinski definition) is 1. The number of nitrogens with one attached hydrogen (secondary N) is 1. The number of anilines is 1. The summed E-state index contributed by atoms with van der Waals surface area (Å²) in [5.41, 5.74) is 1.26. The maximum atomic E-state index is 3.68. The SMILES string of the molecule is CC(Nc1ccc2ccccc2c1)C1CCCC1. The van der Waals surface area contributed by atoms with Crippen LogP contribution >= 0.6 is 0 Å². The van der Waals surface area contributed by atoms with Crippen LogP contribution in [0.4, 0.5) is 5.69 Å². The summed E-state index contributed by atoms with van der Waals surface area (Å²) in [4.78, 5) is 0. The van der Waals surface area contributed by atoms with Crippen molar-refractivity contribution in [2.75, 3.05) is 5.32 Å². The summed E-state index contributed by atoms with van der Waals surface area (Å²) in [6.45, 7) is 2.32. The second-order valence-corrected chi connectivity index (χ2v) is 5.54. The first-order valence-corrected chi connectivity index (χ1v) is 7.08. The fraction of sp³-hybridized carbons (Fsp3) is 0.412. The molecule has 3 rings (SSSR count). The van der Waals surface area contributed by atoms with Crippen LogP contribution in [0.3, 0.4) is 0 Å². The molecule has 1 fully saturated rings. The van der Waals surface area contributed by atoms with E-state index in [0.29, 0.717) is 6.04 Å². The van der Waals surface area contributed by atoms with Crippen molar-refractivity contribution in [2.45, 2.75) is 38.6 Å². The van der Waals surface area contributed by atoms with E-state index < -0.39 is 0 Å². The number of benzene rings is 2. The molecule has 0 amide bonds. The summed E-state index contributed by atoms with van der Waals surface area (Å²) in [7, 11) is 0. The van der Waals surface area contributed by atoms with Crippen LogP contribution in [0.15, 0.2) is 42.5 Å². The molecule has 1 unspecified atom stereocenters. The molecule has 1 N–H and O–H groups in total. The van der Waals surface area contributed by atoms with Gasteiger partial charge in [0.25, 0.3) is 0 Å². The third-order valence-electron chi connectivity index (χ3n) is 4.25. The van der Waals surface area contributed by atoms with E-state index in [0.717, 1.165) is 5.92 Å². The Labute approximate surface area is 109 Å². The Morgan fingerprint density at radius 2 is 1.72 bits per heavy atom. The van der Waals surface area contributed by atoms with E-state index in [1.165, 1.54) is 42.1 Å². The highest BCUT2D eigenvalue weighted by Gasteiger charge is 2.21. The molecule has 94 valence electrons. The van der Waals surface area contributed by atoms with E-state index >= 15 is 0 Å². The van der Waals surface area contributed by atoms with Gasteiger partial charge in [-0.25, -0.2) is 0 Å². The monoisotopic (exact) mass is 239 g/mol. The summed E-state index contributed by atoms with van der Waals surface area (Å²) in [5.74, 6) is 0.858. The minimum absolute atomic E-state index is 0.591. The Kier molecular flexibility index (Phi) is 3.22. The normalized spacial score (nSPS) is 18.1. The number of fused-ring (bicyclic) bond motifs is 1. The Bertz CT molecular complexity index is 526. The van der Waals surface area contributed by atoms with Gasteiger partial charge in [-0.3, -0.25) is 0 Å². The van der Waals surface area contributed by atoms with Crippen LogP contribution in [-0.4, -0.2) is 6.04 Å². The van der Waals surface area contributed by atoms with Gasteiger partial charge in [0.1, 0.15) is 0 Å². The van der Waals surface area contributed by atoms with Gasteiger partial charge in [0.05, 0.1) is 0 Å². The van der Waals surface area contributed by atoms with Gasteiger partial charge < -0.3 is 5.32 Å². The van der Waals surface area contributed by atoms with E-state index in [2.05, 4.69) is 54.7 Å². The molecule has 0 bridgehead atoms. The van der Waals surface area contributed by atoms with Gasteiger partial charge in [-0.1, -0.05) is 43.2 Å². The zero-order valence-corrected chi connectivity index (χ0v) is 11.0. The predicted molar refractivity (Wildman–Crippen MR) is 79.0 cm³/mol. The first-order chi connectivity index (χ1) is 8.83. The van der Waals surface area contributed by atoms with Gasteiger partial charge in [0.2, 0.25) is 0 Å². The van der Waals surface area contributed by atoms with Crippen molar-refractivity contribution in [3.63, 3.8) is 0 Å². The topological polar surface area (TPSA) is 12.0 Å². The number of hydrogen-bond donors (Lipinski definition) is 1. The molecule has 2 aromatic carbocycles. The quantitative estimate of drug-likeness (QED) is 0.809. The van der Waals surface area contributed by atoms with Gasteiger partial charge >= 0.3 is 0 Å². The fourth-order valence-corrected chi connectivity index (χ4v) is 3.12. The molecule has 1 aliphatic rings. The molecule has 2 aromatic rings. The smallest absolute Gasteiger partial charge is 0.0348 e. The standard InChI is InChI=1S/C17H21N/c1-13(14-6-2-3-7-14)18-17-11-10-15-8-4-5-9-16(15)12-17/h4-5,8-14,18H,2-3,6-7H2,1H3. The van der Waals surface area contributed by atoms with Crippen LogP contribution in [0.2, 0.25) is 0 Å². The molecule has 1 saturated carbocycles. The summed E-state index contributed by atoms with van der Waals surface area (Å²) in [6.07, 6.45) is 5.60. The van der Waals surface area contributed by atoms with E-state index in [4.69, 9.17) is 0 Å². The zero-order valence-electron chi connectivity index (χ0n) is 11.0. The molecule has 1 atom stereocenters. The summed E-state index contributed by atoms with van der Waals surface area (Å²) >= 11 is 0. The molecule has 0 heterocycles. The van der Waals surface area contributed by atoms with E-state index in [9.17, 15) is 0 Å². The second-order valence-electron chi connectivity index (χ2n) is 5.54. The zero-order chi connectivity index (χ0) is 12.4. The summed E-state index contributed by atoms with van der Waals surface area (Å²) in [6, 6.07) is 15.8. The Balaban J connectivity index is 1.77. The Morgan fingerprint density at radius 3 is 2.50 bits per heavy atom. The van der Waals surface area contributed by atoms with Gasteiger partial charge in [-0.05, 0) is 48.6 Å². The summed E-state index contributed by atoms with van der Waals surface area (Å²) < 4.78 is 0. The van der Waals surface area contributed by atoms with Crippen LogP contribution in [0.1, 0.15) is 32.6 Å². The lowest BCUT2D eigenvalue weighted by Crippen LogP contribution is -2.23.